The minimum atomic E-state index is -4.41. The summed E-state index contributed by atoms with van der Waals surface area (Å²) < 4.78 is 42.8. The molecular formula is C18H23F3N2O3. The van der Waals surface area contributed by atoms with Crippen LogP contribution in [0, 0.1) is 5.92 Å². The van der Waals surface area contributed by atoms with Crippen LogP contribution in [0.15, 0.2) is 24.3 Å². The number of likely N-dealkylation sites (tertiary alicyclic amines) is 1. The zero-order chi connectivity index (χ0) is 19.3. The van der Waals surface area contributed by atoms with E-state index >= 15 is 0 Å². The van der Waals surface area contributed by atoms with Gasteiger partial charge in [-0.1, -0.05) is 0 Å². The van der Waals surface area contributed by atoms with Gasteiger partial charge in [0.25, 0.3) is 0 Å². The molecule has 144 valence electrons. The molecule has 1 fully saturated rings. The van der Waals surface area contributed by atoms with E-state index in [1.165, 1.54) is 12.1 Å². The number of halogens is 3. The third-order valence-corrected chi connectivity index (χ3v) is 4.48. The first-order valence-corrected chi connectivity index (χ1v) is 8.61. The Bertz CT molecular complexity index is 632. The lowest BCUT2D eigenvalue weighted by atomic mass is 9.97. The molecular weight excluding hydrogens is 349 g/mol. The van der Waals surface area contributed by atoms with Gasteiger partial charge in [0.05, 0.1) is 24.1 Å². The smallest absolute Gasteiger partial charge is 0.416 e. The van der Waals surface area contributed by atoms with E-state index in [4.69, 9.17) is 4.74 Å². The van der Waals surface area contributed by atoms with Gasteiger partial charge in [-0.15, -0.1) is 0 Å². The fourth-order valence-electron chi connectivity index (χ4n) is 2.97. The molecule has 0 unspecified atom stereocenters. The average Bonchev–Trinajstić information content (AvgIpc) is 2.61. The molecule has 5 nitrogen and oxygen atoms in total. The number of amides is 1. The fourth-order valence-corrected chi connectivity index (χ4v) is 2.97. The number of alkyl halides is 3. The second-order valence-electron chi connectivity index (χ2n) is 6.33. The van der Waals surface area contributed by atoms with Gasteiger partial charge in [-0.05, 0) is 57.5 Å². The van der Waals surface area contributed by atoms with Gasteiger partial charge in [-0.2, -0.15) is 13.2 Å². The van der Waals surface area contributed by atoms with Gasteiger partial charge in [-0.25, -0.2) is 0 Å². The Morgan fingerprint density at radius 3 is 2.54 bits per heavy atom. The summed E-state index contributed by atoms with van der Waals surface area (Å²) in [6.45, 7) is 4.89. The summed E-state index contributed by atoms with van der Waals surface area (Å²) in [5.41, 5.74) is -0.467. The lowest BCUT2D eigenvalue weighted by molar-refractivity contribution is -0.150. The maximum absolute atomic E-state index is 12.6. The molecule has 1 aliphatic heterocycles. The zero-order valence-electron chi connectivity index (χ0n) is 14.8. The predicted octanol–water partition coefficient (Wildman–Crippen LogP) is 3.31. The number of piperidine rings is 1. The molecule has 1 aliphatic rings. The van der Waals surface area contributed by atoms with Gasteiger partial charge in [0.2, 0.25) is 5.91 Å². The first kappa shape index (κ1) is 20.2. The lowest BCUT2D eigenvalue weighted by Gasteiger charge is -2.35. The normalized spacial score (nSPS) is 19.7. The highest BCUT2D eigenvalue weighted by atomic mass is 19.4. The van der Waals surface area contributed by atoms with Crippen LogP contribution in [0.1, 0.15) is 32.3 Å². The highest BCUT2D eigenvalue weighted by molar-refractivity contribution is 5.94. The Hall–Kier alpha value is -2.09. The van der Waals surface area contributed by atoms with Gasteiger partial charge < -0.3 is 10.1 Å². The van der Waals surface area contributed by atoms with Gasteiger partial charge in [0.15, 0.2) is 0 Å². The Morgan fingerprint density at radius 1 is 1.31 bits per heavy atom. The SMILES string of the molecule is CCOC(=O)[C@H]1CCCN([C@@H](C)C(=O)Nc2ccc(C(F)(F)F)cc2)C1. The van der Waals surface area contributed by atoms with Crippen molar-refractivity contribution in [3.8, 4) is 0 Å². The van der Waals surface area contributed by atoms with Crippen molar-refractivity contribution in [3.05, 3.63) is 29.8 Å². The molecule has 26 heavy (non-hydrogen) atoms. The molecule has 0 aliphatic carbocycles. The Balaban J connectivity index is 1.95. The third kappa shape index (κ3) is 5.20. The molecule has 0 bridgehead atoms. The van der Waals surface area contributed by atoms with Crippen molar-refractivity contribution in [2.75, 3.05) is 25.0 Å². The van der Waals surface area contributed by atoms with Crippen molar-refractivity contribution in [1.29, 1.82) is 0 Å². The van der Waals surface area contributed by atoms with E-state index < -0.39 is 17.8 Å². The third-order valence-electron chi connectivity index (χ3n) is 4.48. The van der Waals surface area contributed by atoms with Crippen LogP contribution in [0.5, 0.6) is 0 Å². The maximum atomic E-state index is 12.6. The summed E-state index contributed by atoms with van der Waals surface area (Å²) in [6, 6.07) is 3.81. The molecule has 1 saturated heterocycles. The first-order valence-electron chi connectivity index (χ1n) is 8.61. The van der Waals surface area contributed by atoms with Gasteiger partial charge in [0, 0.05) is 12.2 Å². The van der Waals surface area contributed by atoms with E-state index in [0.29, 0.717) is 25.4 Å². The van der Waals surface area contributed by atoms with E-state index in [0.717, 1.165) is 25.0 Å². The average molecular weight is 372 g/mol. The topological polar surface area (TPSA) is 58.6 Å². The Labute approximate surface area is 150 Å². The fraction of sp³-hybridized carbons (Fsp3) is 0.556. The van der Waals surface area contributed by atoms with Crippen LogP contribution in [0.25, 0.3) is 0 Å². The summed E-state index contributed by atoms with van der Waals surface area (Å²) in [6.07, 6.45) is -2.91. The quantitative estimate of drug-likeness (QED) is 0.806. The van der Waals surface area contributed by atoms with Crippen LogP contribution in [0.4, 0.5) is 18.9 Å². The first-order chi connectivity index (χ1) is 12.2. The zero-order valence-corrected chi connectivity index (χ0v) is 14.8. The molecule has 1 heterocycles. The number of benzene rings is 1. The monoisotopic (exact) mass is 372 g/mol. The number of carbonyl (C=O) groups is 2. The molecule has 1 N–H and O–H groups in total. The van der Waals surface area contributed by atoms with Gasteiger partial charge in [0.1, 0.15) is 0 Å². The predicted molar refractivity (Wildman–Crippen MR) is 90.5 cm³/mol. The van der Waals surface area contributed by atoms with Crippen LogP contribution in [-0.4, -0.2) is 42.5 Å². The number of rotatable bonds is 5. The van der Waals surface area contributed by atoms with Crippen LogP contribution in [0.2, 0.25) is 0 Å². The molecule has 1 amide bonds. The number of nitrogens with zero attached hydrogens (tertiary/aromatic N) is 1. The molecule has 2 rings (SSSR count). The second-order valence-corrected chi connectivity index (χ2v) is 6.33. The summed E-state index contributed by atoms with van der Waals surface area (Å²) in [5.74, 6) is -0.841. The van der Waals surface area contributed by atoms with E-state index in [1.54, 1.807) is 13.8 Å². The number of anilines is 1. The van der Waals surface area contributed by atoms with E-state index in [2.05, 4.69) is 5.32 Å². The molecule has 1 aromatic carbocycles. The van der Waals surface area contributed by atoms with E-state index in [-0.39, 0.29) is 17.8 Å². The van der Waals surface area contributed by atoms with Gasteiger partial charge >= 0.3 is 12.1 Å². The van der Waals surface area contributed by atoms with Crippen molar-refractivity contribution in [2.45, 2.75) is 38.9 Å². The highest BCUT2D eigenvalue weighted by Gasteiger charge is 2.32. The van der Waals surface area contributed by atoms with Crippen molar-refractivity contribution in [1.82, 2.24) is 4.90 Å². The van der Waals surface area contributed by atoms with Crippen LogP contribution >= 0.6 is 0 Å². The molecule has 0 aromatic heterocycles. The number of nitrogens with one attached hydrogen (secondary N) is 1. The summed E-state index contributed by atoms with van der Waals surface area (Å²) in [4.78, 5) is 26.2. The maximum Gasteiger partial charge on any atom is 0.416 e. The van der Waals surface area contributed by atoms with Crippen molar-refractivity contribution in [3.63, 3.8) is 0 Å². The molecule has 8 heteroatoms. The molecule has 0 saturated carbocycles. The largest absolute Gasteiger partial charge is 0.466 e. The second kappa shape index (κ2) is 8.53. The van der Waals surface area contributed by atoms with Gasteiger partial charge in [-0.3, -0.25) is 14.5 Å². The number of carbonyl (C=O) groups excluding carboxylic acids is 2. The Morgan fingerprint density at radius 2 is 1.96 bits per heavy atom. The van der Waals surface area contributed by atoms with E-state index in [9.17, 15) is 22.8 Å². The summed E-state index contributed by atoms with van der Waals surface area (Å²) in [5, 5.41) is 2.62. The minimum Gasteiger partial charge on any atom is -0.466 e. The van der Waals surface area contributed by atoms with Crippen molar-refractivity contribution in [2.24, 2.45) is 5.92 Å². The van der Waals surface area contributed by atoms with E-state index in [1.807, 2.05) is 4.90 Å². The lowest BCUT2D eigenvalue weighted by Crippen LogP contribution is -2.48. The van der Waals surface area contributed by atoms with Crippen LogP contribution < -0.4 is 5.32 Å². The molecule has 0 radical (unpaired) electrons. The van der Waals surface area contributed by atoms with Crippen LogP contribution in [-0.2, 0) is 20.5 Å². The number of hydrogen-bond acceptors (Lipinski definition) is 4. The van der Waals surface area contributed by atoms with Crippen molar-refractivity contribution < 1.29 is 27.5 Å². The number of ether oxygens (including phenoxy) is 1. The van der Waals surface area contributed by atoms with Crippen LogP contribution in [0.3, 0.4) is 0 Å². The van der Waals surface area contributed by atoms with Crippen molar-refractivity contribution >= 4 is 17.6 Å². The minimum absolute atomic E-state index is 0.257. The highest BCUT2D eigenvalue weighted by Crippen LogP contribution is 2.30. The molecule has 1 aromatic rings. The summed E-state index contributed by atoms with van der Waals surface area (Å²) in [7, 11) is 0. The Kier molecular flexibility index (Phi) is 6.63. The molecule has 2 atom stereocenters. The number of esters is 1. The standard InChI is InChI=1S/C18H23F3N2O3/c1-3-26-17(25)13-5-4-10-23(11-13)12(2)16(24)22-15-8-6-14(7-9-15)18(19,20)21/h6-9,12-13H,3-5,10-11H2,1-2H3,(H,22,24)/t12-,13-/m0/s1. The summed E-state index contributed by atoms with van der Waals surface area (Å²) >= 11 is 0. The number of hydrogen-bond donors (Lipinski definition) is 1. The molecule has 0 spiro atoms.